The predicted octanol–water partition coefficient (Wildman–Crippen LogP) is 6.07. The number of ketones is 1. The molecule has 9 heteroatoms. The summed E-state index contributed by atoms with van der Waals surface area (Å²) < 4.78 is 1.75. The highest BCUT2D eigenvalue weighted by Crippen LogP contribution is 2.35. The number of aryl methyl sites for hydroxylation is 1. The van der Waals surface area contributed by atoms with Crippen molar-refractivity contribution in [1.29, 1.82) is 0 Å². The number of pyridine rings is 1. The van der Waals surface area contributed by atoms with E-state index in [1.165, 1.54) is 0 Å². The Kier molecular flexibility index (Phi) is 8.40. The van der Waals surface area contributed by atoms with E-state index >= 15 is 0 Å². The maximum Gasteiger partial charge on any atom is 0.324 e. The number of carbonyl (C=O) groups is 2. The van der Waals surface area contributed by atoms with Gasteiger partial charge in [-0.15, -0.1) is 0 Å². The number of Topliss-reactive ketones (excluding diaryl/α,β-unsaturated/α-hetero) is 1. The Bertz CT molecular complexity index is 1530. The van der Waals surface area contributed by atoms with Crippen molar-refractivity contribution in [2.75, 3.05) is 29.5 Å². The monoisotopic (exact) mass is 565 g/mol. The number of nitrogens with one attached hydrogen (secondary N) is 3. The Morgan fingerprint density at radius 3 is 2.29 bits per heavy atom. The Labute approximate surface area is 246 Å². The molecule has 5 N–H and O–H groups in total. The zero-order chi connectivity index (χ0) is 29.9. The Morgan fingerprint density at radius 2 is 1.67 bits per heavy atom. The number of rotatable bonds is 7. The van der Waals surface area contributed by atoms with Crippen molar-refractivity contribution in [3.05, 3.63) is 95.3 Å². The van der Waals surface area contributed by atoms with Gasteiger partial charge in [0, 0.05) is 28.9 Å². The van der Waals surface area contributed by atoms with Gasteiger partial charge >= 0.3 is 6.03 Å². The Morgan fingerprint density at radius 1 is 0.976 bits per heavy atom. The summed E-state index contributed by atoms with van der Waals surface area (Å²) in [5.41, 5.74) is 10.5. The van der Waals surface area contributed by atoms with Crippen LogP contribution in [0.2, 0.25) is 0 Å². The minimum absolute atomic E-state index is 0.0341. The predicted molar refractivity (Wildman–Crippen MR) is 167 cm³/mol. The normalized spacial score (nSPS) is 14.8. The van der Waals surface area contributed by atoms with Gasteiger partial charge in [0.25, 0.3) is 0 Å². The number of nitrogen functional groups attached to an aromatic ring is 1. The van der Waals surface area contributed by atoms with Crippen LogP contribution < -0.4 is 21.7 Å². The number of nitrogens with zero attached hydrogens (tertiary/aromatic N) is 3. The van der Waals surface area contributed by atoms with E-state index in [-0.39, 0.29) is 29.1 Å². The second-order valence-electron chi connectivity index (χ2n) is 12.0. The fraction of sp³-hybridized carbons (Fsp3) is 0.333. The van der Waals surface area contributed by atoms with Gasteiger partial charge in [0.1, 0.15) is 11.6 Å². The van der Waals surface area contributed by atoms with Crippen molar-refractivity contribution in [2.45, 2.75) is 51.9 Å². The molecule has 0 spiro atoms. The molecule has 2 aromatic carbocycles. The molecule has 1 unspecified atom stereocenters. The molecule has 42 heavy (non-hydrogen) atoms. The van der Waals surface area contributed by atoms with Crippen molar-refractivity contribution >= 4 is 29.1 Å². The van der Waals surface area contributed by atoms with Crippen molar-refractivity contribution in [2.24, 2.45) is 5.92 Å². The molecule has 4 aromatic rings. The summed E-state index contributed by atoms with van der Waals surface area (Å²) in [6, 6.07) is 20.5. The molecule has 1 aliphatic rings. The second-order valence-corrected chi connectivity index (χ2v) is 12.0. The van der Waals surface area contributed by atoms with Crippen LogP contribution in [0.4, 0.5) is 22.1 Å². The van der Waals surface area contributed by atoms with E-state index in [1.807, 2.05) is 61.5 Å². The lowest BCUT2D eigenvalue weighted by Crippen LogP contribution is -2.33. The number of urea groups is 1. The number of hydrogen-bond acceptors (Lipinski definition) is 6. The molecule has 218 valence electrons. The number of benzene rings is 2. The molecule has 1 saturated heterocycles. The summed E-state index contributed by atoms with van der Waals surface area (Å²) in [5, 5.41) is 14.1. The number of hydrogen-bond donors (Lipinski definition) is 4. The maximum absolute atomic E-state index is 13.7. The molecule has 9 nitrogen and oxygen atoms in total. The molecule has 2 amide bonds. The first-order valence-electron chi connectivity index (χ1n) is 14.4. The topological polar surface area (TPSA) is 127 Å². The van der Waals surface area contributed by atoms with Crippen LogP contribution in [-0.4, -0.2) is 39.7 Å². The molecule has 1 aliphatic heterocycles. The quantitative estimate of drug-likeness (QED) is 0.202. The standard InChI is InChI=1S/C33H39N7O2/c1-21-5-12-26(13-6-21)40-29(19-27(39-40)33(2,3)4)38-32(42)37-25-10-7-22(8-11-25)30(23-15-17-35-18-16-23)31(41)24-9-14-28(34)36-20-24/h5-14,19-20,23,30,35H,15-18H2,1-4H3,(H2,34,36)(H2,37,38,42). The molecule has 0 radical (unpaired) electrons. The van der Waals surface area contributed by atoms with Gasteiger partial charge < -0.3 is 16.4 Å². The van der Waals surface area contributed by atoms with Crippen LogP contribution in [0.1, 0.15) is 66.7 Å². The summed E-state index contributed by atoms with van der Waals surface area (Å²) in [6.45, 7) is 10.1. The highest BCUT2D eigenvalue weighted by molar-refractivity contribution is 6.01. The van der Waals surface area contributed by atoms with E-state index in [1.54, 1.807) is 23.0 Å². The summed E-state index contributed by atoms with van der Waals surface area (Å²) in [6.07, 6.45) is 3.37. The molecule has 2 aromatic heterocycles. The number of piperidine rings is 1. The lowest BCUT2D eigenvalue weighted by Gasteiger charge is -2.30. The largest absolute Gasteiger partial charge is 0.384 e. The molecular weight excluding hydrogens is 526 g/mol. The zero-order valence-electron chi connectivity index (χ0n) is 24.6. The van der Waals surface area contributed by atoms with Gasteiger partial charge in [-0.2, -0.15) is 5.10 Å². The third-order valence-electron chi connectivity index (χ3n) is 7.73. The fourth-order valence-corrected chi connectivity index (χ4v) is 5.32. The lowest BCUT2D eigenvalue weighted by molar-refractivity contribution is 0.0915. The van der Waals surface area contributed by atoms with Crippen LogP contribution in [-0.2, 0) is 5.41 Å². The Balaban J connectivity index is 1.34. The van der Waals surface area contributed by atoms with E-state index in [4.69, 9.17) is 10.8 Å². The van der Waals surface area contributed by atoms with Crippen molar-refractivity contribution in [3.63, 3.8) is 0 Å². The SMILES string of the molecule is Cc1ccc(-n2nc(C(C)(C)C)cc2NC(=O)Nc2ccc(C(C(=O)c3ccc(N)nc3)C3CCNCC3)cc2)cc1. The summed E-state index contributed by atoms with van der Waals surface area (Å²) in [4.78, 5) is 30.9. The molecule has 0 saturated carbocycles. The van der Waals surface area contributed by atoms with Crippen LogP contribution in [0.3, 0.4) is 0 Å². The molecule has 0 aliphatic carbocycles. The minimum Gasteiger partial charge on any atom is -0.384 e. The first kappa shape index (κ1) is 29.0. The fourth-order valence-electron chi connectivity index (χ4n) is 5.32. The van der Waals surface area contributed by atoms with Gasteiger partial charge in [-0.1, -0.05) is 50.6 Å². The second kappa shape index (κ2) is 12.2. The van der Waals surface area contributed by atoms with Crippen LogP contribution in [0.5, 0.6) is 0 Å². The van der Waals surface area contributed by atoms with E-state index in [0.717, 1.165) is 48.4 Å². The smallest absolute Gasteiger partial charge is 0.324 e. The van der Waals surface area contributed by atoms with Gasteiger partial charge in [-0.25, -0.2) is 14.5 Å². The summed E-state index contributed by atoms with van der Waals surface area (Å²) in [5.74, 6) is 0.895. The molecule has 1 atom stereocenters. The molecule has 0 bridgehead atoms. The van der Waals surface area contributed by atoms with E-state index in [0.29, 0.717) is 22.9 Å². The lowest BCUT2D eigenvalue weighted by atomic mass is 9.76. The average Bonchev–Trinajstić information content (AvgIpc) is 3.39. The van der Waals surface area contributed by atoms with Crippen LogP contribution >= 0.6 is 0 Å². The first-order chi connectivity index (χ1) is 20.1. The van der Waals surface area contributed by atoms with Crippen LogP contribution in [0.15, 0.2) is 72.9 Å². The summed E-state index contributed by atoms with van der Waals surface area (Å²) in [7, 11) is 0. The average molecular weight is 566 g/mol. The van der Waals surface area contributed by atoms with Gasteiger partial charge in [0.2, 0.25) is 0 Å². The van der Waals surface area contributed by atoms with Gasteiger partial charge in [-0.05, 0) is 80.7 Å². The highest BCUT2D eigenvalue weighted by atomic mass is 16.2. The van der Waals surface area contributed by atoms with Crippen molar-refractivity contribution < 1.29 is 9.59 Å². The van der Waals surface area contributed by atoms with Crippen molar-refractivity contribution in [1.82, 2.24) is 20.1 Å². The number of aromatic nitrogens is 3. The van der Waals surface area contributed by atoms with Crippen LogP contribution in [0, 0.1) is 12.8 Å². The van der Waals surface area contributed by atoms with Crippen LogP contribution in [0.25, 0.3) is 5.69 Å². The van der Waals surface area contributed by atoms with Gasteiger partial charge in [0.15, 0.2) is 5.78 Å². The highest BCUT2D eigenvalue weighted by Gasteiger charge is 2.32. The molecule has 1 fully saturated rings. The maximum atomic E-state index is 13.7. The molecule has 3 heterocycles. The first-order valence-corrected chi connectivity index (χ1v) is 14.4. The minimum atomic E-state index is -0.379. The molecule has 5 rings (SSSR count). The van der Waals surface area contributed by atoms with Crippen molar-refractivity contribution in [3.8, 4) is 5.69 Å². The Hall–Kier alpha value is -4.50. The van der Waals surface area contributed by atoms with Gasteiger partial charge in [0.05, 0.1) is 17.3 Å². The third kappa shape index (κ3) is 6.69. The van der Waals surface area contributed by atoms with E-state index < -0.39 is 0 Å². The number of amides is 2. The van der Waals surface area contributed by atoms with Gasteiger partial charge in [-0.3, -0.25) is 10.1 Å². The third-order valence-corrected chi connectivity index (χ3v) is 7.73. The van der Waals surface area contributed by atoms with E-state index in [9.17, 15) is 9.59 Å². The van der Waals surface area contributed by atoms with E-state index in [2.05, 4.69) is 41.7 Å². The number of anilines is 3. The number of nitrogens with two attached hydrogens (primary N) is 1. The zero-order valence-corrected chi connectivity index (χ0v) is 24.6. The molecular formula is C33H39N7O2. The summed E-state index contributed by atoms with van der Waals surface area (Å²) >= 11 is 0. The number of carbonyl (C=O) groups excluding carboxylic acids is 2.